The van der Waals surface area contributed by atoms with Crippen LogP contribution in [0.4, 0.5) is 17.1 Å². The summed E-state index contributed by atoms with van der Waals surface area (Å²) in [7, 11) is 3.89. The zero-order chi connectivity index (χ0) is 30.1. The Morgan fingerprint density at radius 3 is 2.17 bits per heavy atom. The average molecular weight is 620 g/mol. The summed E-state index contributed by atoms with van der Waals surface area (Å²) in [6.45, 7) is 0. The quantitative estimate of drug-likeness (QED) is 0.129. The minimum Gasteiger partial charge on any atom is -0.378 e. The van der Waals surface area contributed by atoms with Crippen molar-refractivity contribution >= 4 is 75.8 Å². The number of benzene rings is 4. The SMILES string of the molecule is CN(C)c1ccc(/C=C(\NC(=O)c2ccccc2)C(=O)Nc2ccc(SCC(=O)Nc3cccc(Cl)c3Cl)cc2)cc1. The van der Waals surface area contributed by atoms with Crippen molar-refractivity contribution in [1.82, 2.24) is 5.32 Å². The molecule has 0 aliphatic rings. The van der Waals surface area contributed by atoms with E-state index in [-0.39, 0.29) is 22.4 Å². The lowest BCUT2D eigenvalue weighted by Gasteiger charge is -2.13. The maximum absolute atomic E-state index is 13.3. The van der Waals surface area contributed by atoms with Crippen LogP contribution in [-0.4, -0.2) is 37.6 Å². The lowest BCUT2D eigenvalue weighted by atomic mass is 10.1. The topological polar surface area (TPSA) is 90.5 Å². The van der Waals surface area contributed by atoms with E-state index in [1.165, 1.54) is 11.8 Å². The summed E-state index contributed by atoms with van der Waals surface area (Å²) in [6.07, 6.45) is 1.63. The first-order valence-electron chi connectivity index (χ1n) is 12.8. The van der Waals surface area contributed by atoms with E-state index in [0.717, 1.165) is 16.1 Å². The molecule has 3 N–H and O–H groups in total. The van der Waals surface area contributed by atoms with E-state index in [2.05, 4.69) is 16.0 Å². The molecule has 0 aromatic heterocycles. The second-order valence-corrected chi connectivity index (χ2v) is 11.1. The summed E-state index contributed by atoms with van der Waals surface area (Å²) in [4.78, 5) is 41.4. The monoisotopic (exact) mass is 618 g/mol. The highest BCUT2D eigenvalue weighted by molar-refractivity contribution is 8.00. The summed E-state index contributed by atoms with van der Waals surface area (Å²) in [5.74, 6) is -0.955. The van der Waals surface area contributed by atoms with Gasteiger partial charge in [-0.1, -0.05) is 59.6 Å². The van der Waals surface area contributed by atoms with Crippen LogP contribution in [0.25, 0.3) is 6.08 Å². The van der Waals surface area contributed by atoms with E-state index in [1.807, 2.05) is 49.3 Å². The molecule has 4 aromatic carbocycles. The molecule has 0 unspecified atom stereocenters. The Morgan fingerprint density at radius 2 is 1.50 bits per heavy atom. The molecule has 214 valence electrons. The molecule has 0 radical (unpaired) electrons. The molecule has 0 spiro atoms. The summed E-state index contributed by atoms with van der Waals surface area (Å²) in [5.41, 5.74) is 3.27. The molecule has 0 aliphatic heterocycles. The lowest BCUT2D eigenvalue weighted by molar-refractivity contribution is -0.114. The molecule has 3 amide bonds. The van der Waals surface area contributed by atoms with Gasteiger partial charge in [-0.2, -0.15) is 0 Å². The van der Waals surface area contributed by atoms with Gasteiger partial charge in [-0.15, -0.1) is 11.8 Å². The summed E-state index contributed by atoms with van der Waals surface area (Å²) in [5, 5.41) is 8.98. The predicted molar refractivity (Wildman–Crippen MR) is 174 cm³/mol. The zero-order valence-corrected chi connectivity index (χ0v) is 25.2. The molecule has 0 saturated heterocycles. The van der Waals surface area contributed by atoms with Crippen molar-refractivity contribution < 1.29 is 14.4 Å². The van der Waals surface area contributed by atoms with Crippen molar-refractivity contribution in [2.24, 2.45) is 0 Å². The fourth-order valence-electron chi connectivity index (χ4n) is 3.75. The highest BCUT2D eigenvalue weighted by atomic mass is 35.5. The minimum absolute atomic E-state index is 0.0938. The first kappa shape index (κ1) is 30.7. The number of hydrogen-bond donors (Lipinski definition) is 3. The molecule has 4 aromatic rings. The van der Waals surface area contributed by atoms with Crippen molar-refractivity contribution in [2.45, 2.75) is 4.90 Å². The van der Waals surface area contributed by atoms with E-state index in [9.17, 15) is 14.4 Å². The van der Waals surface area contributed by atoms with Gasteiger partial charge in [0.25, 0.3) is 11.8 Å². The van der Waals surface area contributed by atoms with Crippen LogP contribution < -0.4 is 20.9 Å². The van der Waals surface area contributed by atoms with Crippen molar-refractivity contribution in [3.05, 3.63) is 124 Å². The van der Waals surface area contributed by atoms with Crippen molar-refractivity contribution in [1.29, 1.82) is 0 Å². The van der Waals surface area contributed by atoms with Gasteiger partial charge >= 0.3 is 0 Å². The largest absolute Gasteiger partial charge is 0.378 e. The highest BCUT2D eigenvalue weighted by Gasteiger charge is 2.15. The molecule has 10 heteroatoms. The number of halogens is 2. The molecule has 42 heavy (non-hydrogen) atoms. The predicted octanol–water partition coefficient (Wildman–Crippen LogP) is 7.20. The van der Waals surface area contributed by atoms with Crippen molar-refractivity contribution in [3.8, 4) is 0 Å². The Bertz CT molecular complexity index is 1590. The summed E-state index contributed by atoms with van der Waals surface area (Å²) < 4.78 is 0. The maximum atomic E-state index is 13.3. The van der Waals surface area contributed by atoms with Crippen LogP contribution in [0, 0.1) is 0 Å². The van der Waals surface area contributed by atoms with Crippen molar-refractivity contribution in [2.75, 3.05) is 35.4 Å². The van der Waals surface area contributed by atoms with Gasteiger partial charge < -0.3 is 20.9 Å². The van der Waals surface area contributed by atoms with Gasteiger partial charge in [-0.3, -0.25) is 14.4 Å². The Labute approximate surface area is 258 Å². The van der Waals surface area contributed by atoms with Crippen LogP contribution in [0.15, 0.2) is 108 Å². The minimum atomic E-state index is -0.478. The summed E-state index contributed by atoms with van der Waals surface area (Å²) >= 11 is 13.5. The molecule has 0 aliphatic carbocycles. The van der Waals surface area contributed by atoms with Gasteiger partial charge in [0.15, 0.2) is 0 Å². The van der Waals surface area contributed by atoms with E-state index in [4.69, 9.17) is 23.2 Å². The second-order valence-electron chi connectivity index (χ2n) is 9.28. The van der Waals surface area contributed by atoms with Crippen LogP contribution in [0.3, 0.4) is 0 Å². The standard InChI is InChI=1S/C32H28Cl2N4O3S/c1-38(2)24-15-11-21(12-16-24)19-28(37-31(40)22-7-4-3-5-8-22)32(41)35-23-13-17-25(18-14-23)42-20-29(39)36-27-10-6-9-26(33)30(27)34/h3-19H,20H2,1-2H3,(H,35,41)(H,36,39)(H,37,40)/b28-19-. The van der Waals surface area contributed by atoms with Gasteiger partial charge in [-0.05, 0) is 72.3 Å². The van der Waals surface area contributed by atoms with E-state index >= 15 is 0 Å². The van der Waals surface area contributed by atoms with E-state index in [1.54, 1.807) is 72.8 Å². The average Bonchev–Trinajstić information content (AvgIpc) is 2.99. The van der Waals surface area contributed by atoms with Crippen LogP contribution in [0.5, 0.6) is 0 Å². The molecular formula is C32H28Cl2N4O3S. The number of nitrogens with zero attached hydrogens (tertiary/aromatic N) is 1. The van der Waals surface area contributed by atoms with Gasteiger partial charge in [0, 0.05) is 35.9 Å². The third-order valence-corrected chi connectivity index (χ3v) is 7.79. The first-order valence-corrected chi connectivity index (χ1v) is 14.6. The van der Waals surface area contributed by atoms with Gasteiger partial charge in [0.2, 0.25) is 5.91 Å². The second kappa shape index (κ2) is 14.6. The molecule has 0 fully saturated rings. The van der Waals surface area contributed by atoms with Crippen LogP contribution in [0.1, 0.15) is 15.9 Å². The third kappa shape index (κ3) is 8.63. The maximum Gasteiger partial charge on any atom is 0.272 e. The van der Waals surface area contributed by atoms with Gasteiger partial charge in [0.1, 0.15) is 5.70 Å². The first-order chi connectivity index (χ1) is 20.2. The van der Waals surface area contributed by atoms with Gasteiger partial charge in [-0.25, -0.2) is 0 Å². The van der Waals surface area contributed by atoms with E-state index in [0.29, 0.717) is 22.0 Å². The normalized spacial score (nSPS) is 11.0. The fraction of sp³-hybridized carbons (Fsp3) is 0.0938. The van der Waals surface area contributed by atoms with Crippen LogP contribution in [0.2, 0.25) is 10.0 Å². The number of rotatable bonds is 10. The number of carbonyl (C=O) groups is 3. The molecule has 0 bridgehead atoms. The van der Waals surface area contributed by atoms with Crippen LogP contribution in [-0.2, 0) is 9.59 Å². The molecule has 7 nitrogen and oxygen atoms in total. The smallest absolute Gasteiger partial charge is 0.272 e. The number of anilines is 3. The van der Waals surface area contributed by atoms with Crippen molar-refractivity contribution in [3.63, 3.8) is 0 Å². The van der Waals surface area contributed by atoms with E-state index < -0.39 is 11.8 Å². The molecular weight excluding hydrogens is 591 g/mol. The lowest BCUT2D eigenvalue weighted by Crippen LogP contribution is -2.30. The van der Waals surface area contributed by atoms with Gasteiger partial charge in [0.05, 0.1) is 21.5 Å². The number of hydrogen-bond acceptors (Lipinski definition) is 5. The molecule has 0 heterocycles. The highest BCUT2D eigenvalue weighted by Crippen LogP contribution is 2.30. The summed E-state index contributed by atoms with van der Waals surface area (Å²) in [6, 6.07) is 28.4. The van der Waals surface area contributed by atoms with Crippen LogP contribution >= 0.6 is 35.0 Å². The molecule has 4 rings (SSSR count). The Hall–Kier alpha value is -4.24. The Kier molecular flexibility index (Phi) is 10.7. The molecule has 0 saturated carbocycles. The fourth-order valence-corrected chi connectivity index (χ4v) is 4.79. The Morgan fingerprint density at radius 1 is 0.810 bits per heavy atom. The Balaban J connectivity index is 1.42. The number of carbonyl (C=O) groups excluding carboxylic acids is 3. The number of nitrogens with one attached hydrogen (secondary N) is 3. The molecule has 0 atom stereocenters. The number of amides is 3. The zero-order valence-electron chi connectivity index (χ0n) is 22.9. The third-order valence-electron chi connectivity index (χ3n) is 5.96. The number of thioether (sulfide) groups is 1.